The van der Waals surface area contributed by atoms with Crippen molar-refractivity contribution < 1.29 is 19.5 Å². The fourth-order valence-corrected chi connectivity index (χ4v) is 1.28. The first-order chi connectivity index (χ1) is 9.38. The topological polar surface area (TPSA) is 122 Å². The first-order valence-electron chi connectivity index (χ1n) is 5.76. The van der Waals surface area contributed by atoms with Crippen molar-refractivity contribution >= 4 is 29.7 Å². The molecule has 0 fully saturated rings. The van der Waals surface area contributed by atoms with Gasteiger partial charge in [-0.05, 0) is 30.7 Å². The van der Waals surface area contributed by atoms with Crippen LogP contribution in [0.2, 0.25) is 0 Å². The Bertz CT molecular complexity index is 537. The van der Waals surface area contributed by atoms with E-state index in [-0.39, 0.29) is 0 Å². The monoisotopic (exact) mass is 277 g/mol. The highest BCUT2D eigenvalue weighted by atomic mass is 16.4. The fourth-order valence-electron chi connectivity index (χ4n) is 1.28. The number of aliphatic carboxylic acids is 1. The molecule has 0 heterocycles. The van der Waals surface area contributed by atoms with E-state index in [0.717, 1.165) is 6.08 Å². The zero-order chi connectivity index (χ0) is 15.1. The third-order valence-corrected chi connectivity index (χ3v) is 2.36. The molecule has 5 N–H and O–H groups in total. The molecule has 0 aliphatic heterocycles. The summed E-state index contributed by atoms with van der Waals surface area (Å²) in [7, 11) is 0. The molecule has 0 aliphatic carbocycles. The van der Waals surface area contributed by atoms with Gasteiger partial charge >= 0.3 is 12.0 Å². The van der Waals surface area contributed by atoms with Crippen LogP contribution >= 0.6 is 0 Å². The summed E-state index contributed by atoms with van der Waals surface area (Å²) in [5.74, 6) is -1.67. The number of primary amides is 1. The van der Waals surface area contributed by atoms with Crippen LogP contribution in [0.5, 0.6) is 0 Å². The van der Waals surface area contributed by atoms with Crippen LogP contribution < -0.4 is 16.4 Å². The lowest BCUT2D eigenvalue weighted by molar-refractivity contribution is -0.131. The molecular weight excluding hydrogens is 262 g/mol. The van der Waals surface area contributed by atoms with Crippen LogP contribution in [0.1, 0.15) is 12.5 Å². The number of nitrogens with one attached hydrogen (secondary N) is 2. The molecular formula is C13H15N3O4. The SMILES string of the molecule is CC(NC(=O)Nc1ccc(C=CC(=O)O)cc1)C(N)=O. The summed E-state index contributed by atoms with van der Waals surface area (Å²) in [6, 6.07) is 5.18. The van der Waals surface area contributed by atoms with Crippen molar-refractivity contribution in [1.29, 1.82) is 0 Å². The lowest BCUT2D eigenvalue weighted by Gasteiger charge is -2.11. The Morgan fingerprint density at radius 3 is 2.35 bits per heavy atom. The molecule has 20 heavy (non-hydrogen) atoms. The van der Waals surface area contributed by atoms with Crippen LogP contribution in [0.3, 0.4) is 0 Å². The number of rotatable bonds is 5. The van der Waals surface area contributed by atoms with Crippen molar-refractivity contribution in [3.8, 4) is 0 Å². The third kappa shape index (κ3) is 5.21. The van der Waals surface area contributed by atoms with E-state index in [9.17, 15) is 14.4 Å². The van der Waals surface area contributed by atoms with Gasteiger partial charge in [-0.15, -0.1) is 0 Å². The lowest BCUT2D eigenvalue weighted by Crippen LogP contribution is -2.44. The molecule has 0 spiro atoms. The van der Waals surface area contributed by atoms with E-state index in [2.05, 4.69) is 10.6 Å². The summed E-state index contributed by atoms with van der Waals surface area (Å²) < 4.78 is 0. The van der Waals surface area contributed by atoms with Gasteiger partial charge in [-0.25, -0.2) is 9.59 Å². The van der Waals surface area contributed by atoms with Gasteiger partial charge in [0.25, 0.3) is 0 Å². The minimum absolute atomic E-state index is 0.506. The summed E-state index contributed by atoms with van der Waals surface area (Å²) in [5, 5.41) is 13.4. The highest BCUT2D eigenvalue weighted by Crippen LogP contribution is 2.10. The molecule has 0 saturated carbocycles. The Kier molecular flexibility index (Phi) is 5.28. The van der Waals surface area contributed by atoms with Crippen molar-refractivity contribution in [1.82, 2.24) is 5.32 Å². The van der Waals surface area contributed by atoms with Gasteiger partial charge in [0.2, 0.25) is 5.91 Å². The summed E-state index contributed by atoms with van der Waals surface area (Å²) in [6.07, 6.45) is 2.45. The first kappa shape index (κ1) is 15.2. The molecule has 1 atom stereocenters. The van der Waals surface area contributed by atoms with Crippen molar-refractivity contribution in [2.45, 2.75) is 13.0 Å². The normalized spacial score (nSPS) is 11.8. The summed E-state index contributed by atoms with van der Waals surface area (Å²) in [6.45, 7) is 1.47. The summed E-state index contributed by atoms with van der Waals surface area (Å²) >= 11 is 0. The van der Waals surface area contributed by atoms with E-state index in [4.69, 9.17) is 10.8 Å². The number of anilines is 1. The van der Waals surface area contributed by atoms with Gasteiger partial charge < -0.3 is 21.5 Å². The second-order valence-electron chi connectivity index (χ2n) is 4.02. The largest absolute Gasteiger partial charge is 0.478 e. The van der Waals surface area contributed by atoms with E-state index >= 15 is 0 Å². The minimum atomic E-state index is -1.04. The molecule has 1 rings (SSSR count). The van der Waals surface area contributed by atoms with Crippen LogP contribution in [0.25, 0.3) is 6.08 Å². The Labute approximate surface area is 115 Å². The quantitative estimate of drug-likeness (QED) is 0.594. The maximum atomic E-state index is 11.5. The van der Waals surface area contributed by atoms with Crippen LogP contribution in [0.4, 0.5) is 10.5 Å². The van der Waals surface area contributed by atoms with E-state index in [0.29, 0.717) is 11.3 Å². The van der Waals surface area contributed by atoms with E-state index in [1.54, 1.807) is 24.3 Å². The number of hydrogen-bond acceptors (Lipinski definition) is 3. The molecule has 0 saturated heterocycles. The molecule has 7 nitrogen and oxygen atoms in total. The molecule has 7 heteroatoms. The number of urea groups is 1. The van der Waals surface area contributed by atoms with Gasteiger partial charge in [0.1, 0.15) is 6.04 Å². The predicted molar refractivity (Wildman–Crippen MR) is 73.9 cm³/mol. The van der Waals surface area contributed by atoms with Crippen LogP contribution in [-0.4, -0.2) is 29.1 Å². The number of carbonyl (C=O) groups is 3. The zero-order valence-electron chi connectivity index (χ0n) is 10.8. The fraction of sp³-hybridized carbons (Fsp3) is 0.154. The smallest absolute Gasteiger partial charge is 0.328 e. The van der Waals surface area contributed by atoms with E-state index in [1.807, 2.05) is 0 Å². The molecule has 0 radical (unpaired) electrons. The highest BCUT2D eigenvalue weighted by Gasteiger charge is 2.11. The van der Waals surface area contributed by atoms with Gasteiger partial charge in [0.15, 0.2) is 0 Å². The number of amides is 3. The Hall–Kier alpha value is -2.83. The molecule has 1 aromatic rings. The van der Waals surface area contributed by atoms with Gasteiger partial charge in [-0.2, -0.15) is 0 Å². The molecule has 1 unspecified atom stereocenters. The number of carboxylic acids is 1. The zero-order valence-corrected chi connectivity index (χ0v) is 10.8. The highest BCUT2D eigenvalue weighted by molar-refractivity contribution is 5.93. The van der Waals surface area contributed by atoms with Crippen molar-refractivity contribution in [2.24, 2.45) is 5.73 Å². The number of carbonyl (C=O) groups excluding carboxylic acids is 2. The molecule has 0 aromatic heterocycles. The average Bonchev–Trinajstić information content (AvgIpc) is 2.37. The molecule has 3 amide bonds. The molecule has 0 aliphatic rings. The van der Waals surface area contributed by atoms with Gasteiger partial charge in [-0.1, -0.05) is 12.1 Å². The number of carboxylic acid groups (broad SMARTS) is 1. The van der Waals surface area contributed by atoms with E-state index in [1.165, 1.54) is 13.0 Å². The third-order valence-electron chi connectivity index (χ3n) is 2.36. The van der Waals surface area contributed by atoms with Crippen molar-refractivity contribution in [3.63, 3.8) is 0 Å². The lowest BCUT2D eigenvalue weighted by atomic mass is 10.2. The van der Waals surface area contributed by atoms with Crippen LogP contribution in [0.15, 0.2) is 30.3 Å². The predicted octanol–water partition coefficient (Wildman–Crippen LogP) is 0.780. The van der Waals surface area contributed by atoms with Gasteiger partial charge in [0.05, 0.1) is 0 Å². The van der Waals surface area contributed by atoms with Crippen molar-refractivity contribution in [3.05, 3.63) is 35.9 Å². The van der Waals surface area contributed by atoms with Crippen LogP contribution in [-0.2, 0) is 9.59 Å². The Morgan fingerprint density at radius 1 is 1.25 bits per heavy atom. The van der Waals surface area contributed by atoms with Gasteiger partial charge in [-0.3, -0.25) is 4.79 Å². The minimum Gasteiger partial charge on any atom is -0.478 e. The maximum Gasteiger partial charge on any atom is 0.328 e. The number of nitrogens with two attached hydrogens (primary N) is 1. The Balaban J connectivity index is 2.59. The maximum absolute atomic E-state index is 11.5. The van der Waals surface area contributed by atoms with Gasteiger partial charge in [0, 0.05) is 11.8 Å². The van der Waals surface area contributed by atoms with Crippen LogP contribution in [0, 0.1) is 0 Å². The summed E-state index contributed by atoms with van der Waals surface area (Å²) in [5.41, 5.74) is 6.21. The first-order valence-corrected chi connectivity index (χ1v) is 5.76. The average molecular weight is 277 g/mol. The molecule has 106 valence electrons. The molecule has 1 aromatic carbocycles. The standard InChI is InChI=1S/C13H15N3O4/c1-8(12(14)19)15-13(20)16-10-5-2-9(3-6-10)4-7-11(17)18/h2-8H,1H3,(H2,14,19)(H,17,18)(H2,15,16,20). The summed E-state index contributed by atoms with van der Waals surface area (Å²) in [4.78, 5) is 32.6. The Morgan fingerprint density at radius 2 is 1.85 bits per heavy atom. The number of benzene rings is 1. The number of hydrogen-bond donors (Lipinski definition) is 4. The second-order valence-corrected chi connectivity index (χ2v) is 4.02. The van der Waals surface area contributed by atoms with Crippen molar-refractivity contribution in [2.75, 3.05) is 5.32 Å². The molecule has 0 bridgehead atoms. The van der Waals surface area contributed by atoms with E-state index < -0.39 is 23.9 Å². The second kappa shape index (κ2) is 6.93.